The van der Waals surface area contributed by atoms with Gasteiger partial charge in [0.05, 0.1) is 0 Å². The number of rotatable bonds is 0. The maximum atomic E-state index is 2.24. The molecule has 0 heteroatoms. The van der Waals surface area contributed by atoms with E-state index in [1.54, 1.807) is 0 Å². The van der Waals surface area contributed by atoms with E-state index in [2.05, 4.69) is 26.0 Å². The molecule has 0 spiro atoms. The molecule has 0 N–H and O–H groups in total. The Kier molecular flexibility index (Phi) is 6.52. The Balaban J connectivity index is 0.000000145. The maximum Gasteiger partial charge on any atom is -0.0348 e. The van der Waals surface area contributed by atoms with E-state index >= 15 is 0 Å². The summed E-state index contributed by atoms with van der Waals surface area (Å²) in [5, 5.41) is 0. The van der Waals surface area contributed by atoms with Crippen LogP contribution in [0.4, 0.5) is 0 Å². The maximum absolute atomic E-state index is 2.24. The van der Waals surface area contributed by atoms with Crippen LogP contribution in [-0.2, 0) is 0 Å². The van der Waals surface area contributed by atoms with E-state index in [4.69, 9.17) is 0 Å². The molecule has 0 aliphatic heterocycles. The van der Waals surface area contributed by atoms with Gasteiger partial charge >= 0.3 is 0 Å². The highest BCUT2D eigenvalue weighted by Crippen LogP contribution is 2.05. The van der Waals surface area contributed by atoms with E-state index in [0.29, 0.717) is 0 Å². The van der Waals surface area contributed by atoms with Gasteiger partial charge in [0.15, 0.2) is 0 Å². The minimum atomic E-state index is 1.25. The van der Waals surface area contributed by atoms with E-state index in [-0.39, 0.29) is 0 Å². The van der Waals surface area contributed by atoms with E-state index in [9.17, 15) is 0 Å². The fraction of sp³-hybridized carbons (Fsp3) is 0.750. The van der Waals surface area contributed by atoms with Crippen LogP contribution < -0.4 is 0 Å². The summed E-state index contributed by atoms with van der Waals surface area (Å²) in [4.78, 5) is 0. The molecule has 0 aromatic heterocycles. The van der Waals surface area contributed by atoms with Gasteiger partial charge in [-0.05, 0) is 19.3 Å². The highest BCUT2D eigenvalue weighted by molar-refractivity contribution is 4.88. The van der Waals surface area contributed by atoms with Crippen molar-refractivity contribution in [1.29, 1.82) is 0 Å². The third kappa shape index (κ3) is 5.74. The van der Waals surface area contributed by atoms with Gasteiger partial charge in [-0.25, -0.2) is 0 Å². The summed E-state index contributed by atoms with van der Waals surface area (Å²) in [5.74, 6) is 0. The Labute approximate surface area is 52.6 Å². The summed E-state index contributed by atoms with van der Waals surface area (Å²) < 4.78 is 0. The first kappa shape index (κ1) is 7.74. The molecule has 1 rings (SSSR count). The van der Waals surface area contributed by atoms with Crippen molar-refractivity contribution >= 4 is 0 Å². The monoisotopic (exact) mass is 112 g/mol. The Morgan fingerprint density at radius 1 is 1.12 bits per heavy atom. The lowest BCUT2D eigenvalue weighted by Gasteiger charge is -1.69. The predicted molar refractivity (Wildman–Crippen MR) is 39.0 cm³/mol. The standard InChI is InChI=1S/C5H8.C3H8/c1-2-4-5-3-1;1-3-2/h1-2H,3-5H2;3H2,1-2H3. The highest BCUT2D eigenvalue weighted by atomic mass is 13.9. The van der Waals surface area contributed by atoms with Crippen LogP contribution in [0.5, 0.6) is 0 Å². The van der Waals surface area contributed by atoms with E-state index in [0.717, 1.165) is 0 Å². The molecule has 0 saturated carbocycles. The van der Waals surface area contributed by atoms with Gasteiger partial charge in [-0.2, -0.15) is 0 Å². The van der Waals surface area contributed by atoms with Gasteiger partial charge in [-0.1, -0.05) is 32.4 Å². The SMILES string of the molecule is C1=CCCC1.CCC. The smallest absolute Gasteiger partial charge is 0.0348 e. The third-order valence-corrected chi connectivity index (χ3v) is 0.908. The molecule has 0 saturated heterocycles. The number of hydrogen-bond donors (Lipinski definition) is 0. The first-order valence-corrected chi connectivity index (χ1v) is 3.56. The van der Waals surface area contributed by atoms with Crippen molar-refractivity contribution in [3.05, 3.63) is 12.2 Å². The van der Waals surface area contributed by atoms with Crippen LogP contribution in [0.1, 0.15) is 39.5 Å². The molecule has 0 aromatic carbocycles. The van der Waals surface area contributed by atoms with Gasteiger partial charge in [-0.15, -0.1) is 0 Å². The lowest BCUT2D eigenvalue weighted by molar-refractivity contribution is 0.929. The molecule has 0 aromatic rings. The molecular weight excluding hydrogens is 96.1 g/mol. The molecule has 0 bridgehead atoms. The summed E-state index contributed by atoms with van der Waals surface area (Å²) in [6.45, 7) is 4.25. The fourth-order valence-corrected chi connectivity index (χ4v) is 0.589. The second-order valence-electron chi connectivity index (χ2n) is 2.11. The molecule has 0 fully saturated rings. The summed E-state index contributed by atoms with van der Waals surface area (Å²) in [6.07, 6.45) is 9.75. The van der Waals surface area contributed by atoms with Crippen molar-refractivity contribution in [2.75, 3.05) is 0 Å². The van der Waals surface area contributed by atoms with Crippen LogP contribution in [0.3, 0.4) is 0 Å². The van der Waals surface area contributed by atoms with Crippen LogP contribution in [0, 0.1) is 0 Å². The second-order valence-corrected chi connectivity index (χ2v) is 2.11. The van der Waals surface area contributed by atoms with Gasteiger partial charge in [0, 0.05) is 0 Å². The first-order valence-electron chi connectivity index (χ1n) is 3.56. The molecule has 0 nitrogen and oxygen atoms in total. The summed E-state index contributed by atoms with van der Waals surface area (Å²) in [6, 6.07) is 0. The zero-order valence-electron chi connectivity index (χ0n) is 5.98. The zero-order valence-corrected chi connectivity index (χ0v) is 5.98. The Morgan fingerprint density at radius 3 is 1.62 bits per heavy atom. The van der Waals surface area contributed by atoms with E-state index in [1.807, 2.05) is 0 Å². The Morgan fingerprint density at radius 2 is 1.50 bits per heavy atom. The minimum absolute atomic E-state index is 1.25. The van der Waals surface area contributed by atoms with Crippen molar-refractivity contribution in [2.45, 2.75) is 39.5 Å². The second kappa shape index (κ2) is 6.74. The predicted octanol–water partition coefficient (Wildman–Crippen LogP) is 3.14. The molecule has 48 valence electrons. The van der Waals surface area contributed by atoms with Crippen LogP contribution >= 0.6 is 0 Å². The van der Waals surface area contributed by atoms with Crippen LogP contribution in [0.2, 0.25) is 0 Å². The quantitative estimate of drug-likeness (QED) is 0.422. The molecule has 1 aliphatic carbocycles. The average Bonchev–Trinajstić information content (AvgIpc) is 2.17. The van der Waals surface area contributed by atoms with Gasteiger partial charge < -0.3 is 0 Å². The van der Waals surface area contributed by atoms with Crippen molar-refractivity contribution < 1.29 is 0 Å². The molecule has 0 atom stereocenters. The summed E-state index contributed by atoms with van der Waals surface area (Å²) in [5.41, 5.74) is 0. The molecule has 0 amide bonds. The normalized spacial score (nSPS) is 15.2. The van der Waals surface area contributed by atoms with Gasteiger partial charge in [0.1, 0.15) is 0 Å². The summed E-state index contributed by atoms with van der Waals surface area (Å²) >= 11 is 0. The lowest BCUT2D eigenvalue weighted by atomic mass is 10.4. The van der Waals surface area contributed by atoms with Crippen molar-refractivity contribution in [2.24, 2.45) is 0 Å². The van der Waals surface area contributed by atoms with E-state index < -0.39 is 0 Å². The Hall–Kier alpha value is -0.260. The van der Waals surface area contributed by atoms with Crippen molar-refractivity contribution in [3.8, 4) is 0 Å². The molecule has 0 radical (unpaired) electrons. The molecule has 0 heterocycles. The van der Waals surface area contributed by atoms with Crippen LogP contribution in [-0.4, -0.2) is 0 Å². The van der Waals surface area contributed by atoms with Gasteiger partial charge in [0.25, 0.3) is 0 Å². The van der Waals surface area contributed by atoms with Gasteiger partial charge in [-0.3, -0.25) is 0 Å². The fourth-order valence-electron chi connectivity index (χ4n) is 0.589. The topological polar surface area (TPSA) is 0 Å². The van der Waals surface area contributed by atoms with E-state index in [1.165, 1.54) is 25.7 Å². The molecule has 8 heavy (non-hydrogen) atoms. The lowest BCUT2D eigenvalue weighted by Crippen LogP contribution is -1.50. The van der Waals surface area contributed by atoms with Crippen molar-refractivity contribution in [3.63, 3.8) is 0 Å². The van der Waals surface area contributed by atoms with Gasteiger partial charge in [0.2, 0.25) is 0 Å². The average molecular weight is 112 g/mol. The first-order chi connectivity index (χ1) is 3.91. The molecular formula is C8H16. The Bertz CT molecular complexity index is 47.1. The largest absolute Gasteiger partial charge is 0.0885 e. The summed E-state index contributed by atoms with van der Waals surface area (Å²) in [7, 11) is 0. The third-order valence-electron chi connectivity index (χ3n) is 0.908. The molecule has 1 aliphatic rings. The molecule has 0 unspecified atom stereocenters. The number of hydrogen-bond acceptors (Lipinski definition) is 0. The van der Waals surface area contributed by atoms with Crippen molar-refractivity contribution in [1.82, 2.24) is 0 Å². The number of allylic oxidation sites excluding steroid dienone is 2. The minimum Gasteiger partial charge on any atom is -0.0885 e. The highest BCUT2D eigenvalue weighted by Gasteiger charge is 1.84. The zero-order chi connectivity index (χ0) is 6.24. The van der Waals surface area contributed by atoms with Crippen LogP contribution in [0.25, 0.3) is 0 Å². The van der Waals surface area contributed by atoms with Crippen LogP contribution in [0.15, 0.2) is 12.2 Å².